The fraction of sp³-hybridized carbons (Fsp3) is 0.273. The number of carbonyl (C=O) groups is 1. The summed E-state index contributed by atoms with van der Waals surface area (Å²) in [6, 6.07) is 5.88. The van der Waals surface area contributed by atoms with Gasteiger partial charge in [-0.25, -0.2) is 0 Å². The number of aliphatic imine (C=N–C) groups is 1. The van der Waals surface area contributed by atoms with E-state index in [1.165, 1.54) is 0 Å². The number of hydrogen-bond acceptors (Lipinski definition) is 2. The topological polar surface area (TPSA) is 32.7 Å². The SMILES string of the molecule is CN(C)C(=O)C1=NCc2cc(Br)ccc21. The van der Waals surface area contributed by atoms with Crippen LogP contribution in [0.2, 0.25) is 0 Å². The first kappa shape index (κ1) is 10.4. The first-order valence-corrected chi connectivity index (χ1v) is 5.44. The molecule has 0 unspecified atom stereocenters. The summed E-state index contributed by atoms with van der Waals surface area (Å²) in [5, 5.41) is 0. The molecule has 1 amide bonds. The molecule has 0 N–H and O–H groups in total. The Hall–Kier alpha value is -1.16. The lowest BCUT2D eigenvalue weighted by Gasteiger charge is -2.10. The molecule has 3 nitrogen and oxygen atoms in total. The molecule has 1 aliphatic heterocycles. The maximum absolute atomic E-state index is 11.8. The second-order valence-corrected chi connectivity index (χ2v) is 4.58. The molecule has 0 fully saturated rings. The number of fused-ring (bicyclic) bond motifs is 1. The lowest BCUT2D eigenvalue weighted by molar-refractivity contribution is -0.121. The number of likely N-dealkylation sites (N-methyl/N-ethyl adjacent to an activating group) is 1. The zero-order valence-corrected chi connectivity index (χ0v) is 10.2. The van der Waals surface area contributed by atoms with Crippen molar-refractivity contribution in [2.45, 2.75) is 6.54 Å². The first-order valence-electron chi connectivity index (χ1n) is 4.64. The Labute approximate surface area is 96.9 Å². The van der Waals surface area contributed by atoms with E-state index in [0.717, 1.165) is 15.6 Å². The highest BCUT2D eigenvalue weighted by atomic mass is 79.9. The summed E-state index contributed by atoms with van der Waals surface area (Å²) in [6.45, 7) is 0.601. The van der Waals surface area contributed by atoms with Gasteiger partial charge in [0, 0.05) is 24.1 Å². The highest BCUT2D eigenvalue weighted by Gasteiger charge is 2.23. The van der Waals surface area contributed by atoms with Crippen LogP contribution in [0.15, 0.2) is 27.7 Å². The van der Waals surface area contributed by atoms with E-state index in [1.54, 1.807) is 19.0 Å². The third-order valence-corrected chi connectivity index (χ3v) is 2.83. The molecule has 1 aromatic carbocycles. The molecular weight excluding hydrogens is 256 g/mol. The molecule has 15 heavy (non-hydrogen) atoms. The van der Waals surface area contributed by atoms with E-state index in [4.69, 9.17) is 0 Å². The highest BCUT2D eigenvalue weighted by Crippen LogP contribution is 2.23. The van der Waals surface area contributed by atoms with E-state index in [-0.39, 0.29) is 5.91 Å². The number of amides is 1. The van der Waals surface area contributed by atoms with E-state index < -0.39 is 0 Å². The maximum Gasteiger partial charge on any atom is 0.272 e. The molecule has 1 aromatic rings. The summed E-state index contributed by atoms with van der Waals surface area (Å²) in [5.74, 6) is -0.0314. The number of benzene rings is 1. The third kappa shape index (κ3) is 1.81. The van der Waals surface area contributed by atoms with Gasteiger partial charge in [-0.15, -0.1) is 0 Å². The normalized spacial score (nSPS) is 13.4. The Morgan fingerprint density at radius 2 is 2.20 bits per heavy atom. The van der Waals surface area contributed by atoms with Crippen molar-refractivity contribution in [1.29, 1.82) is 0 Å². The van der Waals surface area contributed by atoms with Crippen molar-refractivity contribution in [1.82, 2.24) is 4.90 Å². The van der Waals surface area contributed by atoms with Crippen LogP contribution in [0, 0.1) is 0 Å². The molecule has 0 aliphatic carbocycles. The Kier molecular flexibility index (Phi) is 2.61. The average Bonchev–Trinajstić information content (AvgIpc) is 2.59. The molecule has 78 valence electrons. The van der Waals surface area contributed by atoms with E-state index in [9.17, 15) is 4.79 Å². The van der Waals surface area contributed by atoms with Crippen molar-refractivity contribution in [2.75, 3.05) is 14.1 Å². The van der Waals surface area contributed by atoms with E-state index in [1.807, 2.05) is 18.2 Å². The van der Waals surface area contributed by atoms with Crippen LogP contribution in [0.1, 0.15) is 11.1 Å². The van der Waals surface area contributed by atoms with Gasteiger partial charge < -0.3 is 4.90 Å². The van der Waals surface area contributed by atoms with Crippen LogP contribution in [0.4, 0.5) is 0 Å². The van der Waals surface area contributed by atoms with Crippen molar-refractivity contribution in [3.8, 4) is 0 Å². The molecule has 1 heterocycles. The van der Waals surface area contributed by atoms with E-state index >= 15 is 0 Å². The quantitative estimate of drug-likeness (QED) is 0.764. The average molecular weight is 267 g/mol. The van der Waals surface area contributed by atoms with Crippen LogP contribution in [0.5, 0.6) is 0 Å². The molecule has 0 saturated carbocycles. The van der Waals surface area contributed by atoms with E-state index in [0.29, 0.717) is 12.3 Å². The molecule has 0 spiro atoms. The van der Waals surface area contributed by atoms with Crippen LogP contribution < -0.4 is 0 Å². The summed E-state index contributed by atoms with van der Waals surface area (Å²) in [6.07, 6.45) is 0. The Morgan fingerprint density at radius 1 is 1.47 bits per heavy atom. The zero-order valence-electron chi connectivity index (χ0n) is 8.62. The number of hydrogen-bond donors (Lipinski definition) is 0. The van der Waals surface area contributed by atoms with Gasteiger partial charge >= 0.3 is 0 Å². The smallest absolute Gasteiger partial charge is 0.272 e. The fourth-order valence-corrected chi connectivity index (χ4v) is 1.98. The summed E-state index contributed by atoms with van der Waals surface area (Å²) in [4.78, 5) is 17.6. The first-order chi connectivity index (χ1) is 7.09. The molecule has 0 atom stereocenters. The molecule has 0 bridgehead atoms. The predicted octanol–water partition coefficient (Wildman–Crippen LogP) is 1.84. The van der Waals surface area contributed by atoms with Gasteiger partial charge in [-0.3, -0.25) is 9.79 Å². The van der Waals surface area contributed by atoms with Crippen molar-refractivity contribution < 1.29 is 4.79 Å². The van der Waals surface area contributed by atoms with Gasteiger partial charge in [-0.2, -0.15) is 0 Å². The zero-order chi connectivity index (χ0) is 11.0. The van der Waals surface area contributed by atoms with Gasteiger partial charge in [0.15, 0.2) is 0 Å². The maximum atomic E-state index is 11.8. The van der Waals surface area contributed by atoms with Crippen molar-refractivity contribution in [2.24, 2.45) is 4.99 Å². The van der Waals surface area contributed by atoms with Crippen molar-refractivity contribution >= 4 is 27.5 Å². The largest absolute Gasteiger partial charge is 0.343 e. The second kappa shape index (κ2) is 3.77. The van der Waals surface area contributed by atoms with Gasteiger partial charge in [0.2, 0.25) is 0 Å². The number of rotatable bonds is 1. The molecule has 0 aromatic heterocycles. The van der Waals surface area contributed by atoms with Crippen LogP contribution in [0.3, 0.4) is 0 Å². The van der Waals surface area contributed by atoms with Gasteiger partial charge in [-0.05, 0) is 17.7 Å². The van der Waals surface area contributed by atoms with Gasteiger partial charge in [0.1, 0.15) is 5.71 Å². The van der Waals surface area contributed by atoms with Gasteiger partial charge in [0.25, 0.3) is 5.91 Å². The Bertz CT molecular complexity index is 452. The molecule has 0 saturated heterocycles. The number of carbonyl (C=O) groups excluding carboxylic acids is 1. The summed E-state index contributed by atoms with van der Waals surface area (Å²) in [7, 11) is 3.48. The number of halogens is 1. The molecule has 4 heteroatoms. The van der Waals surface area contributed by atoms with Crippen LogP contribution in [0.25, 0.3) is 0 Å². The molecule has 2 rings (SSSR count). The minimum Gasteiger partial charge on any atom is -0.343 e. The minimum absolute atomic E-state index is 0.0314. The van der Waals surface area contributed by atoms with Crippen molar-refractivity contribution in [3.63, 3.8) is 0 Å². The van der Waals surface area contributed by atoms with E-state index in [2.05, 4.69) is 20.9 Å². The lowest BCUT2D eigenvalue weighted by atomic mass is 10.1. The van der Waals surface area contributed by atoms with Crippen LogP contribution in [-0.2, 0) is 11.3 Å². The predicted molar refractivity (Wildman–Crippen MR) is 63.1 cm³/mol. The summed E-state index contributed by atoms with van der Waals surface area (Å²) < 4.78 is 1.02. The van der Waals surface area contributed by atoms with Gasteiger partial charge in [-0.1, -0.05) is 22.0 Å². The fourth-order valence-electron chi connectivity index (χ4n) is 1.57. The minimum atomic E-state index is -0.0314. The Morgan fingerprint density at radius 3 is 2.87 bits per heavy atom. The third-order valence-electron chi connectivity index (χ3n) is 2.34. The monoisotopic (exact) mass is 266 g/mol. The molecular formula is C11H11BrN2O. The van der Waals surface area contributed by atoms with Crippen LogP contribution in [-0.4, -0.2) is 30.6 Å². The van der Waals surface area contributed by atoms with Crippen molar-refractivity contribution in [3.05, 3.63) is 33.8 Å². The summed E-state index contributed by atoms with van der Waals surface area (Å²) >= 11 is 3.40. The lowest BCUT2D eigenvalue weighted by Crippen LogP contribution is -2.29. The summed E-state index contributed by atoms with van der Waals surface area (Å²) in [5.41, 5.74) is 2.63. The second-order valence-electron chi connectivity index (χ2n) is 3.67. The molecule has 1 aliphatic rings. The number of nitrogens with zero attached hydrogens (tertiary/aromatic N) is 2. The standard InChI is InChI=1S/C11H11BrN2O/c1-14(2)11(15)10-9-4-3-8(12)5-7(9)6-13-10/h3-5H,6H2,1-2H3. The molecule has 0 radical (unpaired) electrons. The van der Waals surface area contributed by atoms with Crippen LogP contribution >= 0.6 is 15.9 Å². The van der Waals surface area contributed by atoms with Gasteiger partial charge in [0.05, 0.1) is 6.54 Å². The highest BCUT2D eigenvalue weighted by molar-refractivity contribution is 9.10. The Balaban J connectivity index is 2.39.